The largest absolute Gasteiger partial charge is 0.392 e. The summed E-state index contributed by atoms with van der Waals surface area (Å²) >= 11 is 0. The zero-order valence-corrected chi connectivity index (χ0v) is 21.2. The average molecular weight is 493 g/mol. The number of rotatable bonds is 6. The number of likely N-dealkylation sites (tertiary alicyclic amines) is 1. The summed E-state index contributed by atoms with van der Waals surface area (Å²) in [6.07, 6.45) is 8.32. The van der Waals surface area contributed by atoms with Crippen LogP contribution in [0.2, 0.25) is 0 Å². The number of β-amino-alcohol motifs (C(OH)–C–C–N with tert-alkyl or cyclic N) is 1. The third kappa shape index (κ3) is 5.78. The summed E-state index contributed by atoms with van der Waals surface area (Å²) in [6.45, 7) is 6.70. The van der Waals surface area contributed by atoms with Crippen LogP contribution in [-0.2, 0) is 16.3 Å². The smallest absolute Gasteiger partial charge is 0.175 e. The molecule has 0 saturated carbocycles. The van der Waals surface area contributed by atoms with E-state index >= 15 is 0 Å². The van der Waals surface area contributed by atoms with E-state index in [0.717, 1.165) is 54.7 Å². The van der Waals surface area contributed by atoms with Gasteiger partial charge in [-0.05, 0) is 41.7 Å². The number of fused-ring (bicyclic) bond motifs is 1. The highest BCUT2D eigenvalue weighted by molar-refractivity contribution is 7.90. The minimum absolute atomic E-state index is 0.179. The molecule has 1 aliphatic rings. The minimum Gasteiger partial charge on any atom is -0.392 e. The summed E-state index contributed by atoms with van der Waals surface area (Å²) in [5.74, 6) is 0. The predicted molar refractivity (Wildman–Crippen MR) is 139 cm³/mol. The molecular weight excluding hydrogens is 460 g/mol. The maximum atomic E-state index is 11.9. The first-order valence-electron chi connectivity index (χ1n) is 12.0. The quantitative estimate of drug-likeness (QED) is 0.436. The zero-order valence-electron chi connectivity index (χ0n) is 20.4. The second-order valence-electron chi connectivity index (χ2n) is 8.66. The van der Waals surface area contributed by atoms with Gasteiger partial charge in [-0.1, -0.05) is 50.2 Å². The Labute approximate surface area is 207 Å². The molecule has 1 atom stereocenters. The molecule has 0 radical (unpaired) electrons. The maximum Gasteiger partial charge on any atom is 0.175 e. The van der Waals surface area contributed by atoms with E-state index in [2.05, 4.69) is 39.2 Å². The predicted octanol–water partition coefficient (Wildman–Crippen LogP) is 4.10. The maximum absolute atomic E-state index is 11.9. The van der Waals surface area contributed by atoms with Crippen molar-refractivity contribution in [3.8, 4) is 22.3 Å². The molecule has 0 spiro atoms. The fourth-order valence-electron chi connectivity index (χ4n) is 4.29. The summed E-state index contributed by atoms with van der Waals surface area (Å²) in [4.78, 5) is 7.20. The average Bonchev–Trinajstić information content (AvgIpc) is 3.49. The minimum atomic E-state index is -3.29. The van der Waals surface area contributed by atoms with Crippen molar-refractivity contribution in [2.75, 3.05) is 25.9 Å². The lowest BCUT2D eigenvalue weighted by Gasteiger charge is -2.14. The van der Waals surface area contributed by atoms with Crippen molar-refractivity contribution in [2.45, 2.75) is 37.7 Å². The Balaban J connectivity index is 0.00000141. The van der Waals surface area contributed by atoms with Crippen molar-refractivity contribution in [3.63, 3.8) is 0 Å². The van der Waals surface area contributed by atoms with Crippen LogP contribution in [0.3, 0.4) is 0 Å². The molecule has 1 fully saturated rings. The number of aromatic nitrogens is 3. The first-order chi connectivity index (χ1) is 16.9. The molecule has 35 heavy (non-hydrogen) atoms. The van der Waals surface area contributed by atoms with Crippen LogP contribution < -0.4 is 0 Å². The molecule has 3 heterocycles. The van der Waals surface area contributed by atoms with Crippen LogP contribution >= 0.6 is 0 Å². The molecule has 7 nitrogen and oxygen atoms in total. The highest BCUT2D eigenvalue weighted by Crippen LogP contribution is 2.27. The van der Waals surface area contributed by atoms with Crippen molar-refractivity contribution in [3.05, 3.63) is 72.7 Å². The normalized spacial score (nSPS) is 16.3. The van der Waals surface area contributed by atoms with E-state index in [-0.39, 0.29) is 11.0 Å². The molecule has 1 saturated heterocycles. The van der Waals surface area contributed by atoms with Crippen molar-refractivity contribution in [1.82, 2.24) is 19.5 Å². The molecule has 2 aromatic heterocycles. The van der Waals surface area contributed by atoms with Crippen LogP contribution in [0.1, 0.15) is 25.8 Å². The number of hydrogen-bond acceptors (Lipinski definition) is 6. The summed E-state index contributed by atoms with van der Waals surface area (Å²) in [5, 5.41) is 14.1. The monoisotopic (exact) mass is 492 g/mol. The first kappa shape index (κ1) is 25.0. The molecule has 1 aliphatic heterocycles. The molecule has 1 N–H and O–H groups in total. The molecule has 184 valence electrons. The van der Waals surface area contributed by atoms with E-state index in [4.69, 9.17) is 0 Å². The van der Waals surface area contributed by atoms with Gasteiger partial charge in [-0.25, -0.2) is 17.9 Å². The van der Waals surface area contributed by atoms with Crippen molar-refractivity contribution in [2.24, 2.45) is 0 Å². The van der Waals surface area contributed by atoms with Gasteiger partial charge >= 0.3 is 0 Å². The lowest BCUT2D eigenvalue weighted by molar-refractivity contribution is 0.177. The van der Waals surface area contributed by atoms with Gasteiger partial charge in [0.05, 0.1) is 17.2 Å². The third-order valence-corrected chi connectivity index (χ3v) is 7.29. The molecule has 0 aliphatic carbocycles. The first-order valence-corrected chi connectivity index (χ1v) is 13.9. The highest BCUT2D eigenvalue weighted by atomic mass is 32.2. The Morgan fingerprint density at radius 3 is 2.49 bits per heavy atom. The Morgan fingerprint density at radius 2 is 1.80 bits per heavy atom. The van der Waals surface area contributed by atoms with Crippen molar-refractivity contribution < 1.29 is 13.5 Å². The van der Waals surface area contributed by atoms with Gasteiger partial charge in [-0.2, -0.15) is 5.10 Å². The van der Waals surface area contributed by atoms with Gasteiger partial charge in [0.15, 0.2) is 15.5 Å². The van der Waals surface area contributed by atoms with Crippen LogP contribution in [0.25, 0.3) is 27.9 Å². The molecule has 8 heteroatoms. The molecular formula is C27H32N4O3S. The third-order valence-electron chi connectivity index (χ3n) is 6.18. The molecule has 2 aromatic carbocycles. The second-order valence-corrected chi connectivity index (χ2v) is 10.7. The van der Waals surface area contributed by atoms with Gasteiger partial charge in [0.2, 0.25) is 0 Å². The number of aliphatic hydroxyl groups excluding tert-OH is 1. The number of benzene rings is 2. The lowest BCUT2D eigenvalue weighted by Crippen LogP contribution is -2.24. The van der Waals surface area contributed by atoms with Crippen LogP contribution in [-0.4, -0.2) is 65.0 Å². The molecule has 0 amide bonds. The van der Waals surface area contributed by atoms with E-state index in [0.29, 0.717) is 5.65 Å². The van der Waals surface area contributed by atoms with E-state index in [9.17, 15) is 13.5 Å². The number of hydrogen-bond donors (Lipinski definition) is 1. The van der Waals surface area contributed by atoms with Gasteiger partial charge in [0.25, 0.3) is 0 Å². The molecule has 1 unspecified atom stereocenters. The fraction of sp³-hybridized carbons (Fsp3) is 0.333. The van der Waals surface area contributed by atoms with Gasteiger partial charge in [-0.3, -0.25) is 0 Å². The van der Waals surface area contributed by atoms with E-state index in [1.807, 2.05) is 32.3 Å². The zero-order chi connectivity index (χ0) is 25.0. The van der Waals surface area contributed by atoms with Crippen molar-refractivity contribution >= 4 is 15.5 Å². The standard InChI is InChI=1S/C25H26N4O3S.C2H6/c1-33(31,32)23-4-2-3-20(13-23)24-15-27-29-16-21(14-26-25(24)29)19-7-5-18(6-8-19)9-11-28-12-10-22(30)17-28;1-2/h2-8,13-16,22,30H,9-12,17H2,1H3;1-2H3. The summed E-state index contributed by atoms with van der Waals surface area (Å²) in [7, 11) is -3.29. The fourth-order valence-corrected chi connectivity index (χ4v) is 4.95. The van der Waals surface area contributed by atoms with Crippen LogP contribution in [0.5, 0.6) is 0 Å². The Kier molecular flexibility index (Phi) is 7.64. The van der Waals surface area contributed by atoms with E-state index in [1.54, 1.807) is 28.9 Å². The second kappa shape index (κ2) is 10.7. The van der Waals surface area contributed by atoms with Crippen LogP contribution in [0, 0.1) is 0 Å². The Bertz CT molecular complexity index is 1400. The SMILES string of the molecule is CC.CS(=O)(=O)c1cccc(-c2cnn3cc(-c4ccc(CCN5CCC(O)C5)cc4)cnc23)c1. The highest BCUT2D eigenvalue weighted by Gasteiger charge is 2.19. The number of sulfone groups is 1. The number of nitrogens with zero attached hydrogens (tertiary/aromatic N) is 4. The van der Waals surface area contributed by atoms with Gasteiger partial charge in [-0.15, -0.1) is 0 Å². The summed E-state index contributed by atoms with van der Waals surface area (Å²) < 4.78 is 25.6. The van der Waals surface area contributed by atoms with Crippen molar-refractivity contribution in [1.29, 1.82) is 0 Å². The van der Waals surface area contributed by atoms with Gasteiger partial charge in [0.1, 0.15) is 0 Å². The number of aliphatic hydroxyl groups is 1. The van der Waals surface area contributed by atoms with E-state index in [1.165, 1.54) is 11.8 Å². The molecule has 0 bridgehead atoms. The Morgan fingerprint density at radius 1 is 1.03 bits per heavy atom. The summed E-state index contributed by atoms with van der Waals surface area (Å²) in [5.41, 5.74) is 5.50. The molecule has 5 rings (SSSR count). The van der Waals surface area contributed by atoms with Crippen LogP contribution in [0.15, 0.2) is 72.0 Å². The van der Waals surface area contributed by atoms with Gasteiger partial charge < -0.3 is 10.0 Å². The Hall–Kier alpha value is -3.07. The van der Waals surface area contributed by atoms with Crippen LogP contribution in [0.4, 0.5) is 0 Å². The van der Waals surface area contributed by atoms with E-state index < -0.39 is 9.84 Å². The summed E-state index contributed by atoms with van der Waals surface area (Å²) in [6, 6.07) is 15.3. The molecule has 4 aromatic rings. The van der Waals surface area contributed by atoms with Gasteiger partial charge in [0, 0.05) is 49.4 Å². The topological polar surface area (TPSA) is 87.8 Å². The lowest BCUT2D eigenvalue weighted by atomic mass is 10.0.